The summed E-state index contributed by atoms with van der Waals surface area (Å²) >= 11 is 15.8. The second-order valence-corrected chi connectivity index (χ2v) is 30.6. The Bertz CT molecular complexity index is 6110. The number of ether oxygens (including phenoxy) is 1. The van der Waals surface area contributed by atoms with Crippen LogP contribution in [0.1, 0.15) is 32.6 Å². The summed E-state index contributed by atoms with van der Waals surface area (Å²) in [5.74, 6) is 0.0721. The molecule has 0 saturated heterocycles. The van der Waals surface area contributed by atoms with Gasteiger partial charge in [0.15, 0.2) is 0 Å². The van der Waals surface area contributed by atoms with Gasteiger partial charge in [-0.05, 0) is 147 Å². The molecule has 26 nitrogen and oxygen atoms in total. The van der Waals surface area contributed by atoms with Crippen molar-refractivity contribution in [1.29, 1.82) is 0 Å². The average molecular weight is 1710 g/mol. The van der Waals surface area contributed by atoms with E-state index in [2.05, 4.69) is 124 Å². The van der Waals surface area contributed by atoms with E-state index >= 15 is 0 Å². The number of nitrogens with zero attached hydrogens (tertiary/aromatic N) is 15. The fourth-order valence-corrected chi connectivity index (χ4v) is 15.1. The van der Waals surface area contributed by atoms with Crippen molar-refractivity contribution >= 4 is 161 Å². The number of hydrogen-bond acceptors (Lipinski definition) is 26. The number of aromatic nitrogens is 15. The van der Waals surface area contributed by atoms with E-state index in [1.54, 1.807) is 93.3 Å². The lowest BCUT2D eigenvalue weighted by molar-refractivity contribution is -0.116. The molecule has 7 aromatic carbocycles. The van der Waals surface area contributed by atoms with Crippen molar-refractivity contribution in [1.82, 2.24) is 75.9 Å². The van der Waals surface area contributed by atoms with Crippen LogP contribution in [0.4, 0.5) is 25.7 Å². The minimum absolute atomic E-state index is 0.103. The molecule has 0 bridgehead atoms. The van der Waals surface area contributed by atoms with Crippen LogP contribution in [0.5, 0.6) is 5.75 Å². The third kappa shape index (κ3) is 23.8. The number of methoxy groups -OCH3 is 1. The maximum absolute atomic E-state index is 12.4. The monoisotopic (exact) mass is 1710 g/mol. The maximum Gasteiger partial charge on any atom is 0.257 e. The molecule has 17 rings (SSSR count). The predicted octanol–water partition coefficient (Wildman–Crippen LogP) is 17.7. The van der Waals surface area contributed by atoms with Gasteiger partial charge < -0.3 is 26.0 Å². The topological polar surface area (TPSA) is 348 Å². The van der Waals surface area contributed by atoms with E-state index in [0.717, 1.165) is 107 Å². The van der Waals surface area contributed by atoms with Gasteiger partial charge in [0.05, 0.1) is 32.8 Å². The lowest BCUT2D eigenvalue weighted by Gasteiger charge is -2.06. The minimum Gasteiger partial charge on any atom is -0.497 e. The Morgan fingerprint density at radius 2 is 0.681 bits per heavy atom. The highest BCUT2D eigenvalue weighted by Gasteiger charge is 2.18. The van der Waals surface area contributed by atoms with Gasteiger partial charge in [-0.25, -0.2) is 0 Å². The van der Waals surface area contributed by atoms with Crippen molar-refractivity contribution in [2.75, 3.05) is 33.7 Å². The van der Waals surface area contributed by atoms with E-state index in [-0.39, 0.29) is 42.4 Å². The van der Waals surface area contributed by atoms with Crippen LogP contribution < -0.4 is 31.3 Å². The highest BCUT2D eigenvalue weighted by molar-refractivity contribution is 9.10. The number of halogens is 2. The molecule has 0 radical (unpaired) electrons. The number of hydrogen-bond donors (Lipinski definition) is 5. The molecule has 0 atom stereocenters. The largest absolute Gasteiger partial charge is 0.497 e. The lowest BCUT2D eigenvalue weighted by Crippen LogP contribution is -2.14. The fourth-order valence-electron chi connectivity index (χ4n) is 10.7. The first kappa shape index (κ1) is 80.6. The van der Waals surface area contributed by atoms with Crippen molar-refractivity contribution in [3.63, 3.8) is 0 Å². The van der Waals surface area contributed by atoms with E-state index < -0.39 is 0 Å². The Hall–Kier alpha value is -13.5. The summed E-state index contributed by atoms with van der Waals surface area (Å²) in [4.78, 5) is 80.7. The molecule has 0 unspecified atom stereocenters. The number of carbonyl (C=O) groups excluding carboxylic acids is 5. The Labute approximate surface area is 695 Å². The summed E-state index contributed by atoms with van der Waals surface area (Å²) in [5.41, 5.74) is 8.95. The Kier molecular flexibility index (Phi) is 28.4. The standard InChI is InChI=1S/2C19H14N4OS.C16H14N4O2S.C15H11ClN4OS.C14H9BrN4OS/c24-17(12-15-6-3-5-13-4-1-2-7-16(13)15)21-19-23-22-18(25-19)14-8-10-20-11-9-14;24-17(12-13-5-6-14-3-1-2-4-16(14)11-13)21-19-23-22-18(25-19)15-7-9-20-10-8-15;1-22-13-4-2-11(3-5-13)10-14(21)18-16-20-19-15(23-16)12-6-8-17-9-7-12;16-12-3-1-10(2-4-12)9-13(21)18-15-20-19-14(22-15)11-5-7-17-8-6-11;15-11-3-1-2-10(8-11)12(20)17-14-19-18-13(21-14)9-4-6-16-7-5-9/h2*1-11H,12H2,(H,21,23,24);2-9H,10H2,1H3,(H,18,20,21);1-8H,9H2,(H,18,20,21);1-8H,(H,17,19,20). The van der Waals surface area contributed by atoms with Crippen molar-refractivity contribution in [3.05, 3.63) is 318 Å². The lowest BCUT2D eigenvalue weighted by atomic mass is 10.0. The number of fused-ring (bicyclic) bond motifs is 2. The molecule has 0 fully saturated rings. The normalized spacial score (nSPS) is 10.5. The second kappa shape index (κ2) is 40.8. The molecule has 0 saturated carbocycles. The number of carbonyl (C=O) groups is 5. The first-order valence-electron chi connectivity index (χ1n) is 35.0. The summed E-state index contributed by atoms with van der Waals surface area (Å²) in [6.07, 6.45) is 18.1. The first-order chi connectivity index (χ1) is 56.7. The van der Waals surface area contributed by atoms with Crippen LogP contribution in [-0.2, 0) is 44.9 Å². The summed E-state index contributed by atoms with van der Waals surface area (Å²) < 4.78 is 5.94. The number of rotatable bonds is 20. The number of pyridine rings is 5. The molecule has 116 heavy (non-hydrogen) atoms. The van der Waals surface area contributed by atoms with Crippen LogP contribution in [0.25, 0.3) is 74.4 Å². The zero-order valence-corrected chi connectivity index (χ0v) is 67.3. The fraction of sp³-hybridized carbons (Fsp3) is 0.0602. The highest BCUT2D eigenvalue weighted by Crippen LogP contribution is 2.32. The molecule has 5 N–H and O–H groups in total. The zero-order chi connectivity index (χ0) is 80.2. The summed E-state index contributed by atoms with van der Waals surface area (Å²) in [6, 6.07) is 68.4. The molecule has 33 heteroatoms. The average Bonchev–Trinajstić information content (AvgIpc) is 1.35. The van der Waals surface area contributed by atoms with Gasteiger partial charge in [0.1, 0.15) is 30.8 Å². The van der Waals surface area contributed by atoms with Crippen LogP contribution in [0, 0.1) is 0 Å². The molecule has 0 aliphatic heterocycles. The van der Waals surface area contributed by atoms with Crippen LogP contribution >= 0.6 is 84.2 Å². The third-order valence-electron chi connectivity index (χ3n) is 16.3. The van der Waals surface area contributed by atoms with Crippen molar-refractivity contribution in [3.8, 4) is 58.6 Å². The van der Waals surface area contributed by atoms with Crippen LogP contribution in [0.3, 0.4) is 0 Å². The van der Waals surface area contributed by atoms with Crippen molar-refractivity contribution in [2.24, 2.45) is 0 Å². The van der Waals surface area contributed by atoms with Gasteiger partial charge in [0.25, 0.3) is 5.91 Å². The van der Waals surface area contributed by atoms with E-state index in [1.165, 1.54) is 56.7 Å². The smallest absolute Gasteiger partial charge is 0.257 e. The van der Waals surface area contributed by atoms with E-state index in [1.807, 2.05) is 188 Å². The number of anilines is 5. The number of amides is 5. The molecule has 10 heterocycles. The molecule has 10 aromatic heterocycles. The SMILES string of the molecule is COc1ccc(CC(=O)Nc2nnc(-c3ccncc3)s2)cc1.O=C(Cc1ccc(Cl)cc1)Nc1nnc(-c2ccncc2)s1.O=C(Cc1ccc2ccccc2c1)Nc1nnc(-c2ccncc2)s1.O=C(Cc1cccc2ccccc12)Nc1nnc(-c2ccncc2)s1.O=C(Nc1nnc(-c2ccncc2)s1)c1cccc(Br)c1. The Balaban J connectivity index is 0.000000126. The van der Waals surface area contributed by atoms with Crippen LogP contribution in [0.2, 0.25) is 5.02 Å². The summed E-state index contributed by atoms with van der Waals surface area (Å²) in [5, 5.41) is 65.7. The first-order valence-corrected chi connectivity index (χ1v) is 40.3. The van der Waals surface area contributed by atoms with Gasteiger partial charge in [-0.3, -0.25) is 54.2 Å². The van der Waals surface area contributed by atoms with Crippen LogP contribution in [-0.4, -0.2) is 113 Å². The van der Waals surface area contributed by atoms with Gasteiger partial charge in [-0.1, -0.05) is 199 Å². The van der Waals surface area contributed by atoms with E-state index in [4.69, 9.17) is 16.3 Å². The van der Waals surface area contributed by atoms with Gasteiger partial charge >= 0.3 is 0 Å². The Morgan fingerprint density at radius 3 is 1.09 bits per heavy atom. The molecular weight excluding hydrogens is 1650 g/mol. The molecule has 574 valence electrons. The molecule has 5 amide bonds. The Morgan fingerprint density at radius 1 is 0.336 bits per heavy atom. The van der Waals surface area contributed by atoms with Crippen molar-refractivity contribution in [2.45, 2.75) is 25.7 Å². The molecule has 0 aliphatic rings. The van der Waals surface area contributed by atoms with Crippen LogP contribution in [0.15, 0.2) is 285 Å². The van der Waals surface area contributed by atoms with E-state index in [0.29, 0.717) is 49.1 Å². The zero-order valence-electron chi connectivity index (χ0n) is 60.8. The molecule has 17 aromatic rings. The maximum atomic E-state index is 12.4. The van der Waals surface area contributed by atoms with Crippen molar-refractivity contribution < 1.29 is 28.7 Å². The second-order valence-electron chi connectivity index (χ2n) is 24.4. The van der Waals surface area contributed by atoms with E-state index in [9.17, 15) is 24.0 Å². The quantitative estimate of drug-likeness (QED) is 0.0473. The number of nitrogens with one attached hydrogen (secondary N) is 5. The number of benzene rings is 7. The highest BCUT2D eigenvalue weighted by atomic mass is 79.9. The molecule has 0 spiro atoms. The molecule has 0 aliphatic carbocycles. The third-order valence-corrected chi connectivity index (χ3v) is 21.4. The summed E-state index contributed by atoms with van der Waals surface area (Å²) in [7, 11) is 1.61. The minimum atomic E-state index is -0.214. The summed E-state index contributed by atoms with van der Waals surface area (Å²) in [6.45, 7) is 0. The molecular formula is C83H62BrClN20O6S5. The predicted molar refractivity (Wildman–Crippen MR) is 459 cm³/mol. The van der Waals surface area contributed by atoms with Gasteiger partial charge in [0.2, 0.25) is 49.3 Å². The van der Waals surface area contributed by atoms with Gasteiger partial charge in [-0.2, -0.15) is 0 Å². The van der Waals surface area contributed by atoms with Gasteiger partial charge in [-0.15, -0.1) is 51.0 Å². The van der Waals surface area contributed by atoms with Gasteiger partial charge in [0, 0.05) is 105 Å².